The van der Waals surface area contributed by atoms with Crippen LogP contribution in [-0.4, -0.2) is 56.6 Å². The minimum atomic E-state index is -1.33. The number of halogens is 2. The summed E-state index contributed by atoms with van der Waals surface area (Å²) in [7, 11) is 0. The average Bonchev–Trinajstić information content (AvgIpc) is 3.55. The predicted molar refractivity (Wildman–Crippen MR) is 131 cm³/mol. The van der Waals surface area contributed by atoms with Crippen LogP contribution in [0.15, 0.2) is 67.4 Å². The van der Waals surface area contributed by atoms with Crippen molar-refractivity contribution in [3.63, 3.8) is 0 Å². The maximum Gasteiger partial charge on any atom is 0.123 e. The van der Waals surface area contributed by atoms with E-state index in [2.05, 4.69) is 44.5 Å². The van der Waals surface area contributed by atoms with Crippen LogP contribution < -0.4 is 0 Å². The van der Waals surface area contributed by atoms with Gasteiger partial charge in [-0.05, 0) is 68.0 Å². The normalized spacial score (nSPS) is 17.2. The molecule has 7 heteroatoms. The molecular formula is C27H31F2N5. The van der Waals surface area contributed by atoms with Gasteiger partial charge >= 0.3 is 0 Å². The second-order valence-electron chi connectivity index (χ2n) is 9.33. The Kier molecular flexibility index (Phi) is 6.72. The highest BCUT2D eigenvalue weighted by molar-refractivity contribution is 5.85. The first-order valence-corrected chi connectivity index (χ1v) is 12.1. The van der Waals surface area contributed by atoms with Crippen molar-refractivity contribution >= 4 is 10.9 Å². The van der Waals surface area contributed by atoms with Crippen molar-refractivity contribution < 1.29 is 8.78 Å². The molecule has 1 unspecified atom stereocenters. The highest BCUT2D eigenvalue weighted by Gasteiger charge is 2.42. The van der Waals surface area contributed by atoms with E-state index in [9.17, 15) is 4.39 Å². The molecule has 5 nitrogen and oxygen atoms in total. The Bertz CT molecular complexity index is 1180. The summed E-state index contributed by atoms with van der Waals surface area (Å²) in [6.45, 7) is 1.89. The van der Waals surface area contributed by atoms with E-state index in [4.69, 9.17) is 0 Å². The number of benzene rings is 2. The number of nitrogens with zero attached hydrogens (tertiary/aromatic N) is 4. The molecule has 0 aliphatic carbocycles. The van der Waals surface area contributed by atoms with Crippen LogP contribution in [0.4, 0.5) is 8.78 Å². The first-order valence-electron chi connectivity index (χ1n) is 12.1. The summed E-state index contributed by atoms with van der Waals surface area (Å²) < 4.78 is 31.1. The van der Waals surface area contributed by atoms with Crippen LogP contribution in [0.25, 0.3) is 16.6 Å². The van der Waals surface area contributed by atoms with Gasteiger partial charge in [0.05, 0.1) is 6.67 Å². The third-order valence-electron chi connectivity index (χ3n) is 7.30. The lowest BCUT2D eigenvalue weighted by Gasteiger charge is -2.41. The van der Waals surface area contributed by atoms with Gasteiger partial charge in [0.1, 0.15) is 18.3 Å². The van der Waals surface area contributed by atoms with Crippen LogP contribution in [0, 0.1) is 0 Å². The van der Waals surface area contributed by atoms with Crippen molar-refractivity contribution in [1.29, 1.82) is 0 Å². The summed E-state index contributed by atoms with van der Waals surface area (Å²) in [5, 5.41) is 9.00. The molecule has 1 fully saturated rings. The fourth-order valence-corrected chi connectivity index (χ4v) is 5.38. The Labute approximate surface area is 198 Å². The summed E-state index contributed by atoms with van der Waals surface area (Å²) in [4.78, 5) is 5.72. The number of rotatable bonds is 9. The molecule has 3 heterocycles. The van der Waals surface area contributed by atoms with Gasteiger partial charge in [-0.15, -0.1) is 10.2 Å². The summed E-state index contributed by atoms with van der Waals surface area (Å²) in [6, 6.07) is 15.9. The lowest BCUT2D eigenvalue weighted by atomic mass is 9.76. The SMILES string of the molecule is FCCC(c1ccccc1)C1(F)CCN(CCCc2c[nH]c3ccc(-n4cnnc4)cc23)CC1. The molecule has 0 saturated carbocycles. The van der Waals surface area contributed by atoms with E-state index in [1.54, 1.807) is 12.7 Å². The number of nitrogens with one attached hydrogen (secondary N) is 1. The van der Waals surface area contributed by atoms with Crippen LogP contribution in [0.1, 0.15) is 42.7 Å². The molecule has 4 aromatic rings. The Hall–Kier alpha value is -3.06. The van der Waals surface area contributed by atoms with Crippen LogP contribution in [-0.2, 0) is 6.42 Å². The zero-order valence-electron chi connectivity index (χ0n) is 19.3. The first kappa shape index (κ1) is 22.7. The summed E-state index contributed by atoms with van der Waals surface area (Å²) in [6.07, 6.45) is 8.62. The molecule has 1 aliphatic heterocycles. The van der Waals surface area contributed by atoms with Crippen molar-refractivity contribution in [3.8, 4) is 5.69 Å². The molecule has 1 saturated heterocycles. The van der Waals surface area contributed by atoms with Gasteiger partial charge in [0.15, 0.2) is 0 Å². The van der Waals surface area contributed by atoms with Gasteiger partial charge in [0, 0.05) is 41.8 Å². The van der Waals surface area contributed by atoms with Crippen molar-refractivity contribution in [2.45, 2.75) is 43.7 Å². The standard InChI is InChI=1S/C27H31F2N5/c28-13-10-25(21-5-2-1-3-6-21)27(29)11-15-33(16-12-27)14-4-7-22-18-30-26-9-8-23(17-24(22)26)34-19-31-32-20-34/h1-3,5-6,8-9,17-20,25,30H,4,7,10-16H2. The minimum absolute atomic E-state index is 0.248. The molecule has 34 heavy (non-hydrogen) atoms. The first-order chi connectivity index (χ1) is 16.7. The number of hydrogen-bond donors (Lipinski definition) is 1. The third kappa shape index (κ3) is 4.75. The highest BCUT2D eigenvalue weighted by atomic mass is 19.1. The zero-order valence-corrected chi connectivity index (χ0v) is 19.3. The molecule has 0 spiro atoms. The minimum Gasteiger partial charge on any atom is -0.361 e. The van der Waals surface area contributed by atoms with Gasteiger partial charge in [-0.25, -0.2) is 4.39 Å². The maximum absolute atomic E-state index is 15.9. The van der Waals surface area contributed by atoms with Gasteiger partial charge in [0.25, 0.3) is 0 Å². The van der Waals surface area contributed by atoms with E-state index in [0.717, 1.165) is 49.2 Å². The molecule has 1 atom stereocenters. The fraction of sp³-hybridized carbons (Fsp3) is 0.407. The Morgan fingerprint density at radius 3 is 2.53 bits per heavy atom. The van der Waals surface area contributed by atoms with E-state index < -0.39 is 12.3 Å². The second-order valence-corrected chi connectivity index (χ2v) is 9.33. The summed E-state index contributed by atoms with van der Waals surface area (Å²) in [5.74, 6) is -0.369. The van der Waals surface area contributed by atoms with Gasteiger partial charge in [-0.3, -0.25) is 8.96 Å². The van der Waals surface area contributed by atoms with Gasteiger partial charge in [-0.2, -0.15) is 0 Å². The quantitative estimate of drug-likeness (QED) is 0.350. The van der Waals surface area contributed by atoms with Crippen LogP contribution >= 0.6 is 0 Å². The number of aromatic nitrogens is 4. The second kappa shape index (κ2) is 10.1. The van der Waals surface area contributed by atoms with Crippen molar-refractivity contribution in [3.05, 3.63) is 78.5 Å². The molecule has 0 bridgehead atoms. The summed E-state index contributed by atoms with van der Waals surface area (Å²) in [5.41, 5.74) is 3.02. The summed E-state index contributed by atoms with van der Waals surface area (Å²) >= 11 is 0. The topological polar surface area (TPSA) is 49.7 Å². The van der Waals surface area contributed by atoms with E-state index in [-0.39, 0.29) is 12.3 Å². The van der Waals surface area contributed by atoms with Gasteiger partial charge < -0.3 is 9.88 Å². The molecule has 1 N–H and O–H groups in total. The van der Waals surface area contributed by atoms with E-state index >= 15 is 4.39 Å². The van der Waals surface area contributed by atoms with E-state index in [1.807, 2.05) is 34.9 Å². The number of alkyl halides is 2. The zero-order chi connectivity index (χ0) is 23.4. The van der Waals surface area contributed by atoms with Crippen LogP contribution in [0.2, 0.25) is 0 Å². The van der Waals surface area contributed by atoms with Gasteiger partial charge in [-0.1, -0.05) is 30.3 Å². The predicted octanol–water partition coefficient (Wildman–Crippen LogP) is 5.63. The molecule has 0 amide bonds. The van der Waals surface area contributed by atoms with Gasteiger partial charge in [0.2, 0.25) is 0 Å². The molecule has 5 rings (SSSR count). The lowest BCUT2D eigenvalue weighted by molar-refractivity contribution is 0.0293. The van der Waals surface area contributed by atoms with E-state index in [1.165, 1.54) is 10.9 Å². The van der Waals surface area contributed by atoms with Crippen molar-refractivity contribution in [2.75, 3.05) is 26.3 Å². The molecule has 2 aromatic carbocycles. The molecule has 178 valence electrons. The highest BCUT2D eigenvalue weighted by Crippen LogP contribution is 2.42. The lowest BCUT2D eigenvalue weighted by Crippen LogP contribution is -2.45. The van der Waals surface area contributed by atoms with Crippen molar-refractivity contribution in [2.24, 2.45) is 0 Å². The number of piperidine rings is 1. The third-order valence-corrected chi connectivity index (χ3v) is 7.30. The Morgan fingerprint density at radius 2 is 1.79 bits per heavy atom. The number of fused-ring (bicyclic) bond motifs is 1. The van der Waals surface area contributed by atoms with Crippen molar-refractivity contribution in [1.82, 2.24) is 24.6 Å². The average molecular weight is 464 g/mol. The number of hydrogen-bond acceptors (Lipinski definition) is 3. The van der Waals surface area contributed by atoms with Crippen LogP contribution in [0.3, 0.4) is 0 Å². The smallest absolute Gasteiger partial charge is 0.123 e. The monoisotopic (exact) mass is 463 g/mol. The number of H-pyrrole nitrogens is 1. The number of aromatic amines is 1. The molecule has 1 aliphatic rings. The fourth-order valence-electron chi connectivity index (χ4n) is 5.38. The largest absolute Gasteiger partial charge is 0.361 e. The Morgan fingerprint density at radius 1 is 1.03 bits per heavy atom. The number of likely N-dealkylation sites (tertiary alicyclic amines) is 1. The molecule has 2 aromatic heterocycles. The number of aryl methyl sites for hydroxylation is 1. The maximum atomic E-state index is 15.9. The Balaban J connectivity index is 1.18. The van der Waals surface area contributed by atoms with E-state index in [0.29, 0.717) is 12.8 Å². The van der Waals surface area contributed by atoms with Crippen LogP contribution in [0.5, 0.6) is 0 Å². The molecular weight excluding hydrogens is 432 g/mol. The molecule has 0 radical (unpaired) electrons.